The minimum atomic E-state index is -4.35. The molecule has 2 aromatic rings. The molecule has 0 aliphatic carbocycles. The van der Waals surface area contributed by atoms with E-state index in [4.69, 9.17) is 4.42 Å². The second-order valence-electron chi connectivity index (χ2n) is 3.99. The number of benzene rings is 1. The third-order valence-corrected chi connectivity index (χ3v) is 3.44. The summed E-state index contributed by atoms with van der Waals surface area (Å²) in [5.74, 6) is 0. The van der Waals surface area contributed by atoms with E-state index in [2.05, 4.69) is 21.2 Å². The van der Waals surface area contributed by atoms with Crippen LogP contribution in [0.2, 0.25) is 0 Å². The quantitative estimate of drug-likeness (QED) is 0.902. The molecule has 6 heteroatoms. The minimum absolute atomic E-state index is 0.365. The number of furan rings is 1. The lowest BCUT2D eigenvalue weighted by atomic mass is 9.99. The Hall–Kier alpha value is -1.27. The Morgan fingerprint density at radius 1 is 1.26 bits per heavy atom. The fourth-order valence-corrected chi connectivity index (χ4v) is 2.38. The molecule has 0 saturated carbocycles. The summed E-state index contributed by atoms with van der Waals surface area (Å²) in [5, 5.41) is 2.98. The van der Waals surface area contributed by atoms with Crippen molar-refractivity contribution in [1.29, 1.82) is 0 Å². The van der Waals surface area contributed by atoms with Crippen LogP contribution < -0.4 is 5.32 Å². The van der Waals surface area contributed by atoms with Gasteiger partial charge in [0.1, 0.15) is 0 Å². The molecule has 1 N–H and O–H groups in total. The van der Waals surface area contributed by atoms with Crippen LogP contribution in [0.15, 0.2) is 45.7 Å². The number of alkyl halides is 3. The smallest absolute Gasteiger partial charge is 0.416 e. The Balaban J connectivity index is 2.42. The highest BCUT2D eigenvalue weighted by Gasteiger charge is 2.31. The SMILES string of the molecule is CNC(c1cccc(C(F)(F)F)c1)c1ccoc1Br. The zero-order valence-electron chi connectivity index (χ0n) is 9.96. The summed E-state index contributed by atoms with van der Waals surface area (Å²) >= 11 is 3.23. The van der Waals surface area contributed by atoms with Gasteiger partial charge in [-0.2, -0.15) is 13.2 Å². The molecule has 0 aliphatic rings. The van der Waals surface area contributed by atoms with E-state index in [9.17, 15) is 13.2 Å². The Morgan fingerprint density at radius 2 is 2.00 bits per heavy atom. The maximum atomic E-state index is 12.7. The molecule has 1 atom stereocenters. The van der Waals surface area contributed by atoms with Gasteiger partial charge in [0, 0.05) is 5.56 Å². The monoisotopic (exact) mass is 333 g/mol. The van der Waals surface area contributed by atoms with Crippen LogP contribution >= 0.6 is 15.9 Å². The van der Waals surface area contributed by atoms with Gasteiger partial charge in [-0.25, -0.2) is 0 Å². The van der Waals surface area contributed by atoms with E-state index in [0.29, 0.717) is 10.2 Å². The van der Waals surface area contributed by atoms with Crippen LogP contribution in [-0.4, -0.2) is 7.05 Å². The summed E-state index contributed by atoms with van der Waals surface area (Å²) in [4.78, 5) is 0. The third kappa shape index (κ3) is 3.01. The van der Waals surface area contributed by atoms with Crippen LogP contribution in [0.5, 0.6) is 0 Å². The van der Waals surface area contributed by atoms with Crippen LogP contribution in [0.4, 0.5) is 13.2 Å². The van der Waals surface area contributed by atoms with Gasteiger partial charge in [-0.3, -0.25) is 0 Å². The normalized spacial score (nSPS) is 13.5. The van der Waals surface area contributed by atoms with Gasteiger partial charge >= 0.3 is 6.18 Å². The summed E-state index contributed by atoms with van der Waals surface area (Å²) in [6.45, 7) is 0. The maximum absolute atomic E-state index is 12.7. The molecular weight excluding hydrogens is 323 g/mol. The van der Waals surface area contributed by atoms with Crippen LogP contribution in [0.1, 0.15) is 22.7 Å². The molecule has 1 unspecified atom stereocenters. The molecule has 2 rings (SSSR count). The lowest BCUT2D eigenvalue weighted by molar-refractivity contribution is -0.137. The van der Waals surface area contributed by atoms with Gasteiger partial charge in [-0.1, -0.05) is 12.1 Å². The Labute approximate surface area is 116 Å². The summed E-state index contributed by atoms with van der Waals surface area (Å²) in [6.07, 6.45) is -2.86. The molecule has 1 aromatic heterocycles. The summed E-state index contributed by atoms with van der Waals surface area (Å²) in [7, 11) is 1.68. The average Bonchev–Trinajstić information content (AvgIpc) is 2.76. The zero-order valence-corrected chi connectivity index (χ0v) is 11.5. The van der Waals surface area contributed by atoms with E-state index in [-0.39, 0.29) is 6.04 Å². The third-order valence-electron chi connectivity index (χ3n) is 2.79. The van der Waals surface area contributed by atoms with E-state index in [1.807, 2.05) is 0 Å². The van der Waals surface area contributed by atoms with Crippen molar-refractivity contribution in [2.75, 3.05) is 7.05 Å². The van der Waals surface area contributed by atoms with Gasteiger partial charge in [-0.15, -0.1) is 0 Å². The van der Waals surface area contributed by atoms with Gasteiger partial charge in [-0.05, 0) is 46.7 Å². The Bertz CT molecular complexity index is 565. The van der Waals surface area contributed by atoms with Crippen molar-refractivity contribution in [3.8, 4) is 0 Å². The zero-order chi connectivity index (χ0) is 14.0. The van der Waals surface area contributed by atoms with Gasteiger partial charge in [0.15, 0.2) is 4.67 Å². The average molecular weight is 334 g/mol. The standard InChI is InChI=1S/C13H11BrF3NO/c1-18-11(10-5-6-19-12(10)14)8-3-2-4-9(7-8)13(15,16)17/h2-7,11,18H,1H3. The summed E-state index contributed by atoms with van der Waals surface area (Å²) in [6, 6.07) is 6.59. The molecule has 0 spiro atoms. The molecule has 1 heterocycles. The fourth-order valence-electron chi connectivity index (χ4n) is 1.91. The van der Waals surface area contributed by atoms with Gasteiger partial charge in [0.2, 0.25) is 0 Å². The highest BCUT2D eigenvalue weighted by Crippen LogP contribution is 2.34. The topological polar surface area (TPSA) is 25.2 Å². The number of nitrogens with one attached hydrogen (secondary N) is 1. The van der Waals surface area contributed by atoms with Gasteiger partial charge in [0.25, 0.3) is 0 Å². The largest absolute Gasteiger partial charge is 0.457 e. The first-order valence-electron chi connectivity index (χ1n) is 5.51. The summed E-state index contributed by atoms with van der Waals surface area (Å²) in [5.41, 5.74) is 0.617. The molecule has 2 nitrogen and oxygen atoms in total. The van der Waals surface area contributed by atoms with Gasteiger partial charge in [0.05, 0.1) is 17.9 Å². The molecule has 102 valence electrons. The molecule has 0 amide bonds. The van der Waals surface area contributed by atoms with Crippen molar-refractivity contribution in [3.63, 3.8) is 0 Å². The van der Waals surface area contributed by atoms with Crippen LogP contribution in [0.3, 0.4) is 0 Å². The van der Waals surface area contributed by atoms with E-state index in [1.165, 1.54) is 12.3 Å². The van der Waals surface area contributed by atoms with Crippen molar-refractivity contribution >= 4 is 15.9 Å². The fraction of sp³-hybridized carbons (Fsp3) is 0.231. The second-order valence-corrected chi connectivity index (χ2v) is 4.71. The number of halogens is 4. The molecule has 1 aromatic carbocycles. The minimum Gasteiger partial charge on any atom is -0.457 e. The molecular formula is C13H11BrF3NO. The van der Waals surface area contributed by atoms with Crippen LogP contribution in [-0.2, 0) is 6.18 Å². The first-order valence-corrected chi connectivity index (χ1v) is 6.30. The van der Waals surface area contributed by atoms with E-state index < -0.39 is 11.7 Å². The Morgan fingerprint density at radius 3 is 2.53 bits per heavy atom. The highest BCUT2D eigenvalue weighted by atomic mass is 79.9. The molecule has 0 aliphatic heterocycles. The molecule has 0 fully saturated rings. The number of rotatable bonds is 3. The second kappa shape index (κ2) is 5.38. The number of hydrogen-bond donors (Lipinski definition) is 1. The predicted octanol–water partition coefficient (Wildman–Crippen LogP) is 4.37. The van der Waals surface area contributed by atoms with E-state index >= 15 is 0 Å². The molecule has 0 bridgehead atoms. The Kier molecular flexibility index (Phi) is 4.01. The van der Waals surface area contributed by atoms with Crippen molar-refractivity contribution in [2.24, 2.45) is 0 Å². The highest BCUT2D eigenvalue weighted by molar-refractivity contribution is 9.10. The molecule has 0 radical (unpaired) electrons. The summed E-state index contributed by atoms with van der Waals surface area (Å²) < 4.78 is 43.8. The van der Waals surface area contributed by atoms with Gasteiger partial charge < -0.3 is 9.73 Å². The predicted molar refractivity (Wildman–Crippen MR) is 68.8 cm³/mol. The maximum Gasteiger partial charge on any atom is 0.416 e. The van der Waals surface area contributed by atoms with Crippen molar-refractivity contribution < 1.29 is 17.6 Å². The van der Waals surface area contributed by atoms with Crippen molar-refractivity contribution in [3.05, 3.63) is 58.0 Å². The molecule has 19 heavy (non-hydrogen) atoms. The van der Waals surface area contributed by atoms with Crippen LogP contribution in [0.25, 0.3) is 0 Å². The van der Waals surface area contributed by atoms with Crippen molar-refractivity contribution in [2.45, 2.75) is 12.2 Å². The lowest BCUT2D eigenvalue weighted by Gasteiger charge is -2.17. The van der Waals surface area contributed by atoms with Crippen LogP contribution in [0, 0.1) is 0 Å². The first kappa shape index (κ1) is 14.1. The lowest BCUT2D eigenvalue weighted by Crippen LogP contribution is -2.18. The van der Waals surface area contributed by atoms with E-state index in [1.54, 1.807) is 19.2 Å². The first-order chi connectivity index (χ1) is 8.93. The number of hydrogen-bond acceptors (Lipinski definition) is 2. The van der Waals surface area contributed by atoms with Crippen molar-refractivity contribution in [1.82, 2.24) is 5.32 Å². The molecule has 0 saturated heterocycles. The van der Waals surface area contributed by atoms with E-state index in [0.717, 1.165) is 17.7 Å².